The number of carbonyl (C=O) groups excluding carboxylic acids is 1. The lowest BCUT2D eigenvalue weighted by Crippen LogP contribution is -2.06. The van der Waals surface area contributed by atoms with Crippen molar-refractivity contribution in [2.45, 2.75) is 32.1 Å². The van der Waals surface area contributed by atoms with E-state index in [-0.39, 0.29) is 5.91 Å². The van der Waals surface area contributed by atoms with Crippen molar-refractivity contribution in [2.24, 2.45) is 0 Å². The maximum atomic E-state index is 11.2. The summed E-state index contributed by atoms with van der Waals surface area (Å²) in [6.07, 6.45) is 3.31. The molecular weight excluding hydrogens is 282 g/mol. The van der Waals surface area contributed by atoms with Gasteiger partial charge in [-0.2, -0.15) is 0 Å². The Bertz CT molecular complexity index is 663. The summed E-state index contributed by atoms with van der Waals surface area (Å²) < 4.78 is 0. The fourth-order valence-corrected chi connectivity index (χ4v) is 3.21. The number of fused-ring (bicyclic) bond motifs is 1. The number of nitrogens with one attached hydrogen (secondary N) is 1. The van der Waals surface area contributed by atoms with Crippen LogP contribution in [0.4, 0.5) is 5.69 Å². The number of amides is 1. The Kier molecular flexibility index (Phi) is 3.98. The van der Waals surface area contributed by atoms with E-state index in [9.17, 15) is 4.79 Å². The first-order valence-corrected chi connectivity index (χ1v) is 7.64. The Morgan fingerprint density at radius 2 is 2.00 bits per heavy atom. The molecule has 0 spiro atoms. The maximum Gasteiger partial charge on any atom is 0.221 e. The summed E-state index contributed by atoms with van der Waals surface area (Å²) in [5.41, 5.74) is 4.98. The maximum absolute atomic E-state index is 11.2. The molecule has 2 aromatic rings. The molecule has 21 heavy (non-hydrogen) atoms. The molecule has 2 nitrogen and oxygen atoms in total. The van der Waals surface area contributed by atoms with E-state index in [0.29, 0.717) is 5.92 Å². The first-order valence-electron chi connectivity index (χ1n) is 7.26. The summed E-state index contributed by atoms with van der Waals surface area (Å²) in [6, 6.07) is 14.3. The number of carbonyl (C=O) groups is 1. The number of hydrogen-bond acceptors (Lipinski definition) is 1. The van der Waals surface area contributed by atoms with Crippen LogP contribution in [0, 0.1) is 0 Å². The molecule has 1 aliphatic carbocycles. The average Bonchev–Trinajstić information content (AvgIpc) is 2.83. The van der Waals surface area contributed by atoms with Gasteiger partial charge in [0.1, 0.15) is 0 Å². The number of aryl methyl sites for hydroxylation is 1. The highest BCUT2D eigenvalue weighted by atomic mass is 35.5. The molecule has 0 radical (unpaired) electrons. The van der Waals surface area contributed by atoms with Crippen LogP contribution in [0.1, 0.15) is 36.0 Å². The van der Waals surface area contributed by atoms with Crippen molar-refractivity contribution in [1.29, 1.82) is 0 Å². The Labute approximate surface area is 130 Å². The van der Waals surface area contributed by atoms with Crippen LogP contribution < -0.4 is 5.32 Å². The highest BCUT2D eigenvalue weighted by Crippen LogP contribution is 2.37. The lowest BCUT2D eigenvalue weighted by atomic mass is 9.93. The summed E-state index contributed by atoms with van der Waals surface area (Å²) in [5, 5.41) is 3.65. The van der Waals surface area contributed by atoms with Gasteiger partial charge in [0.2, 0.25) is 5.91 Å². The fraction of sp³-hybridized carbons (Fsp3) is 0.278. The van der Waals surface area contributed by atoms with Gasteiger partial charge in [0.25, 0.3) is 0 Å². The van der Waals surface area contributed by atoms with Crippen LogP contribution in [-0.4, -0.2) is 5.91 Å². The molecule has 1 N–H and O–H groups in total. The second-order valence-electron chi connectivity index (χ2n) is 5.66. The molecule has 1 unspecified atom stereocenters. The van der Waals surface area contributed by atoms with E-state index < -0.39 is 0 Å². The number of anilines is 1. The van der Waals surface area contributed by atoms with Gasteiger partial charge in [0.05, 0.1) is 0 Å². The third-order valence-corrected chi connectivity index (χ3v) is 4.32. The molecule has 0 bridgehead atoms. The van der Waals surface area contributed by atoms with E-state index in [1.54, 1.807) is 6.92 Å². The molecule has 108 valence electrons. The van der Waals surface area contributed by atoms with Gasteiger partial charge in [-0.25, -0.2) is 0 Å². The zero-order valence-corrected chi connectivity index (χ0v) is 12.8. The lowest BCUT2D eigenvalue weighted by Gasteiger charge is -2.13. The van der Waals surface area contributed by atoms with E-state index in [2.05, 4.69) is 29.6 Å². The third kappa shape index (κ3) is 3.27. The van der Waals surface area contributed by atoms with E-state index in [1.807, 2.05) is 18.2 Å². The monoisotopic (exact) mass is 299 g/mol. The van der Waals surface area contributed by atoms with E-state index >= 15 is 0 Å². The summed E-state index contributed by atoms with van der Waals surface area (Å²) in [6.45, 7) is 1.54. The predicted molar refractivity (Wildman–Crippen MR) is 87.0 cm³/mol. The predicted octanol–water partition coefficient (Wildman–Crippen LogP) is 4.57. The van der Waals surface area contributed by atoms with Crippen molar-refractivity contribution >= 4 is 23.2 Å². The number of halogens is 1. The van der Waals surface area contributed by atoms with Crippen LogP contribution in [0.5, 0.6) is 0 Å². The van der Waals surface area contributed by atoms with Gasteiger partial charge in [-0.15, -0.1) is 0 Å². The van der Waals surface area contributed by atoms with Crippen LogP contribution in [0.25, 0.3) is 0 Å². The minimum absolute atomic E-state index is 0.0257. The van der Waals surface area contributed by atoms with Crippen LogP contribution in [-0.2, 0) is 17.6 Å². The second kappa shape index (κ2) is 5.90. The Morgan fingerprint density at radius 3 is 2.71 bits per heavy atom. The highest BCUT2D eigenvalue weighted by Gasteiger charge is 2.23. The molecule has 0 saturated heterocycles. The molecule has 2 aromatic carbocycles. The summed E-state index contributed by atoms with van der Waals surface area (Å²) in [7, 11) is 0. The van der Waals surface area contributed by atoms with Gasteiger partial charge >= 0.3 is 0 Å². The zero-order chi connectivity index (χ0) is 14.8. The quantitative estimate of drug-likeness (QED) is 0.883. The van der Waals surface area contributed by atoms with Gasteiger partial charge in [-0.1, -0.05) is 29.8 Å². The molecule has 1 aliphatic rings. The summed E-state index contributed by atoms with van der Waals surface area (Å²) in [4.78, 5) is 11.2. The molecule has 3 rings (SSSR count). The van der Waals surface area contributed by atoms with Crippen molar-refractivity contribution in [3.8, 4) is 0 Å². The van der Waals surface area contributed by atoms with Crippen molar-refractivity contribution in [1.82, 2.24) is 0 Å². The van der Waals surface area contributed by atoms with Crippen molar-refractivity contribution in [2.75, 3.05) is 5.32 Å². The molecule has 0 fully saturated rings. The topological polar surface area (TPSA) is 29.1 Å². The molecule has 1 atom stereocenters. The number of hydrogen-bond donors (Lipinski definition) is 1. The molecule has 0 aliphatic heterocycles. The first kappa shape index (κ1) is 14.2. The third-order valence-electron chi connectivity index (χ3n) is 4.06. The van der Waals surface area contributed by atoms with Gasteiger partial charge in [0, 0.05) is 17.6 Å². The highest BCUT2D eigenvalue weighted by molar-refractivity contribution is 6.30. The minimum atomic E-state index is -0.0257. The number of benzene rings is 2. The molecule has 0 saturated carbocycles. The Balaban J connectivity index is 1.81. The van der Waals surface area contributed by atoms with E-state index in [4.69, 9.17) is 11.6 Å². The van der Waals surface area contributed by atoms with Crippen molar-refractivity contribution in [3.63, 3.8) is 0 Å². The number of rotatable bonds is 3. The lowest BCUT2D eigenvalue weighted by molar-refractivity contribution is -0.114. The molecule has 0 heterocycles. The normalized spacial score (nSPS) is 16.6. The SMILES string of the molecule is CC(=O)Nc1ccc2c(c1)C(Cc1ccc(Cl)cc1)CC2. The van der Waals surface area contributed by atoms with Gasteiger partial charge in [0.15, 0.2) is 0 Å². The zero-order valence-electron chi connectivity index (χ0n) is 12.0. The smallest absolute Gasteiger partial charge is 0.221 e. The van der Waals surface area contributed by atoms with Crippen LogP contribution >= 0.6 is 11.6 Å². The largest absolute Gasteiger partial charge is 0.326 e. The Hall–Kier alpha value is -1.80. The average molecular weight is 300 g/mol. The van der Waals surface area contributed by atoms with Crippen LogP contribution in [0.15, 0.2) is 42.5 Å². The van der Waals surface area contributed by atoms with E-state index in [1.165, 1.54) is 23.1 Å². The van der Waals surface area contributed by atoms with Gasteiger partial charge < -0.3 is 5.32 Å². The first-order chi connectivity index (χ1) is 10.1. The summed E-state index contributed by atoms with van der Waals surface area (Å²) >= 11 is 5.94. The standard InChI is InChI=1S/C18H18ClNO/c1-12(21)20-17-9-6-14-4-5-15(18(14)11-17)10-13-2-7-16(19)8-3-13/h2-3,6-9,11,15H,4-5,10H2,1H3,(H,20,21). The Morgan fingerprint density at radius 1 is 1.24 bits per heavy atom. The molecule has 1 amide bonds. The van der Waals surface area contributed by atoms with Crippen LogP contribution in [0.2, 0.25) is 5.02 Å². The van der Waals surface area contributed by atoms with Gasteiger partial charge in [-0.3, -0.25) is 4.79 Å². The molecule has 0 aromatic heterocycles. The summed E-state index contributed by atoms with van der Waals surface area (Å²) in [5.74, 6) is 0.497. The van der Waals surface area contributed by atoms with Crippen molar-refractivity contribution < 1.29 is 4.79 Å². The molecule has 3 heteroatoms. The molecular formula is C18H18ClNO. The minimum Gasteiger partial charge on any atom is -0.326 e. The fourth-order valence-electron chi connectivity index (χ4n) is 3.09. The van der Waals surface area contributed by atoms with Gasteiger partial charge in [-0.05, 0) is 66.1 Å². The van der Waals surface area contributed by atoms with Crippen molar-refractivity contribution in [3.05, 3.63) is 64.2 Å². The van der Waals surface area contributed by atoms with E-state index in [0.717, 1.165) is 23.6 Å². The second-order valence-corrected chi connectivity index (χ2v) is 6.10. The van der Waals surface area contributed by atoms with Crippen LogP contribution in [0.3, 0.4) is 0 Å².